The fourth-order valence-corrected chi connectivity index (χ4v) is 1.01. The van der Waals surface area contributed by atoms with E-state index < -0.39 is 0 Å². The van der Waals surface area contributed by atoms with Crippen molar-refractivity contribution in [3.63, 3.8) is 0 Å². The van der Waals surface area contributed by atoms with Crippen molar-refractivity contribution >= 4 is 0 Å². The highest BCUT2D eigenvalue weighted by Crippen LogP contribution is 1.93. The molecule has 0 aliphatic rings. The van der Waals surface area contributed by atoms with Gasteiger partial charge in [-0.1, -0.05) is 13.8 Å². The van der Waals surface area contributed by atoms with Crippen molar-refractivity contribution in [3.8, 4) is 0 Å². The molecule has 1 aromatic rings. The monoisotopic (exact) mass is 181 g/mol. The minimum atomic E-state index is -0.112. The van der Waals surface area contributed by atoms with Crippen LogP contribution in [0.1, 0.15) is 25.1 Å². The van der Waals surface area contributed by atoms with Gasteiger partial charge in [0.1, 0.15) is 0 Å². The van der Waals surface area contributed by atoms with Crippen LogP contribution in [0.3, 0.4) is 0 Å². The van der Waals surface area contributed by atoms with E-state index in [-0.39, 0.29) is 5.56 Å². The first-order valence-corrected chi connectivity index (χ1v) is 4.38. The van der Waals surface area contributed by atoms with E-state index in [0.717, 1.165) is 11.3 Å². The molecule has 13 heavy (non-hydrogen) atoms. The standard InChI is InChI=1S/C9H15N3O/c1-6(2)10-5-8-4-7(3)11-12-9(8)13/h4,6,10H,5H2,1-3H3,(H,12,13). The predicted molar refractivity (Wildman–Crippen MR) is 51.6 cm³/mol. The minimum absolute atomic E-state index is 0.112. The number of nitrogens with zero attached hydrogens (tertiary/aromatic N) is 1. The Hall–Kier alpha value is -1.16. The molecule has 0 spiro atoms. The molecule has 0 saturated heterocycles. The fraction of sp³-hybridized carbons (Fsp3) is 0.556. The van der Waals surface area contributed by atoms with Gasteiger partial charge in [0.05, 0.1) is 5.69 Å². The zero-order chi connectivity index (χ0) is 9.84. The maximum atomic E-state index is 11.2. The number of hydrogen-bond acceptors (Lipinski definition) is 3. The van der Waals surface area contributed by atoms with Crippen LogP contribution in [0.25, 0.3) is 0 Å². The molecule has 1 rings (SSSR count). The number of hydrogen-bond donors (Lipinski definition) is 2. The Morgan fingerprint density at radius 3 is 2.92 bits per heavy atom. The first kappa shape index (κ1) is 9.92. The van der Waals surface area contributed by atoms with Gasteiger partial charge in [0.2, 0.25) is 0 Å². The Morgan fingerprint density at radius 1 is 1.62 bits per heavy atom. The van der Waals surface area contributed by atoms with Crippen molar-refractivity contribution in [1.29, 1.82) is 0 Å². The van der Waals surface area contributed by atoms with Gasteiger partial charge in [0, 0.05) is 18.2 Å². The molecule has 72 valence electrons. The van der Waals surface area contributed by atoms with Crippen molar-refractivity contribution in [3.05, 3.63) is 27.7 Å². The molecule has 2 N–H and O–H groups in total. The van der Waals surface area contributed by atoms with E-state index in [1.54, 1.807) is 6.07 Å². The van der Waals surface area contributed by atoms with E-state index >= 15 is 0 Å². The summed E-state index contributed by atoms with van der Waals surface area (Å²) in [5, 5.41) is 9.43. The third-order valence-corrected chi connectivity index (χ3v) is 1.71. The Kier molecular flexibility index (Phi) is 3.19. The molecule has 1 heterocycles. The molecule has 0 bridgehead atoms. The van der Waals surface area contributed by atoms with E-state index in [9.17, 15) is 4.79 Å². The molecule has 4 heteroatoms. The second kappa shape index (κ2) is 4.18. The van der Waals surface area contributed by atoms with Crippen molar-refractivity contribution < 1.29 is 0 Å². The Bertz CT molecular complexity index is 330. The van der Waals surface area contributed by atoms with Crippen LogP contribution >= 0.6 is 0 Å². The van der Waals surface area contributed by atoms with Crippen LogP contribution in [0, 0.1) is 6.92 Å². The second-order valence-corrected chi connectivity index (χ2v) is 3.40. The van der Waals surface area contributed by atoms with Gasteiger partial charge >= 0.3 is 0 Å². The third kappa shape index (κ3) is 2.99. The average molecular weight is 181 g/mol. The van der Waals surface area contributed by atoms with E-state index in [0.29, 0.717) is 12.6 Å². The molecule has 0 fully saturated rings. The summed E-state index contributed by atoms with van der Waals surface area (Å²) in [6, 6.07) is 2.18. The lowest BCUT2D eigenvalue weighted by Gasteiger charge is -2.06. The lowest BCUT2D eigenvalue weighted by Crippen LogP contribution is -2.26. The number of nitrogens with one attached hydrogen (secondary N) is 2. The summed E-state index contributed by atoms with van der Waals surface area (Å²) in [6.45, 7) is 6.54. The van der Waals surface area contributed by atoms with Gasteiger partial charge in [0.15, 0.2) is 0 Å². The van der Waals surface area contributed by atoms with E-state index in [1.165, 1.54) is 0 Å². The van der Waals surface area contributed by atoms with Crippen LogP contribution in [0.2, 0.25) is 0 Å². The zero-order valence-electron chi connectivity index (χ0n) is 8.22. The van der Waals surface area contributed by atoms with E-state index in [1.807, 2.05) is 20.8 Å². The predicted octanol–water partition coefficient (Wildman–Crippen LogP) is 0.576. The largest absolute Gasteiger partial charge is 0.310 e. The quantitative estimate of drug-likeness (QED) is 0.717. The molecule has 0 aliphatic heterocycles. The molecular weight excluding hydrogens is 166 g/mol. The Morgan fingerprint density at radius 2 is 2.31 bits per heavy atom. The SMILES string of the molecule is Cc1cc(CNC(C)C)c(=O)[nH]n1. The summed E-state index contributed by atoms with van der Waals surface area (Å²) < 4.78 is 0. The molecule has 0 aliphatic carbocycles. The summed E-state index contributed by atoms with van der Waals surface area (Å²) >= 11 is 0. The maximum absolute atomic E-state index is 11.2. The van der Waals surface area contributed by atoms with Gasteiger partial charge in [-0.05, 0) is 13.0 Å². The summed E-state index contributed by atoms with van der Waals surface area (Å²) in [4.78, 5) is 11.2. The maximum Gasteiger partial charge on any atom is 0.268 e. The summed E-state index contributed by atoms with van der Waals surface area (Å²) in [7, 11) is 0. The van der Waals surface area contributed by atoms with Crippen LogP contribution in [0.4, 0.5) is 0 Å². The summed E-state index contributed by atoms with van der Waals surface area (Å²) in [5.74, 6) is 0. The first-order chi connectivity index (χ1) is 6.09. The molecule has 0 atom stereocenters. The van der Waals surface area contributed by atoms with Crippen molar-refractivity contribution in [2.45, 2.75) is 33.4 Å². The third-order valence-electron chi connectivity index (χ3n) is 1.71. The summed E-state index contributed by atoms with van der Waals surface area (Å²) in [6.07, 6.45) is 0. The van der Waals surface area contributed by atoms with E-state index in [2.05, 4.69) is 15.5 Å². The minimum Gasteiger partial charge on any atom is -0.310 e. The topological polar surface area (TPSA) is 57.8 Å². The van der Waals surface area contributed by atoms with Gasteiger partial charge in [-0.25, -0.2) is 5.10 Å². The van der Waals surface area contributed by atoms with Gasteiger partial charge in [-0.2, -0.15) is 5.10 Å². The summed E-state index contributed by atoms with van der Waals surface area (Å²) in [5.41, 5.74) is 1.46. The highest BCUT2D eigenvalue weighted by atomic mass is 16.1. The Balaban J connectivity index is 2.76. The zero-order valence-corrected chi connectivity index (χ0v) is 8.22. The van der Waals surface area contributed by atoms with Crippen LogP contribution < -0.4 is 10.9 Å². The molecular formula is C9H15N3O. The second-order valence-electron chi connectivity index (χ2n) is 3.40. The highest BCUT2D eigenvalue weighted by Gasteiger charge is 2.00. The molecule has 0 radical (unpaired) electrons. The lowest BCUT2D eigenvalue weighted by atomic mass is 10.2. The lowest BCUT2D eigenvalue weighted by molar-refractivity contribution is 0.584. The fourth-order valence-electron chi connectivity index (χ4n) is 1.01. The number of aryl methyl sites for hydroxylation is 1. The van der Waals surface area contributed by atoms with Gasteiger partial charge in [0.25, 0.3) is 5.56 Å². The van der Waals surface area contributed by atoms with Gasteiger partial charge in [-0.3, -0.25) is 4.79 Å². The number of rotatable bonds is 3. The van der Waals surface area contributed by atoms with E-state index in [4.69, 9.17) is 0 Å². The molecule has 4 nitrogen and oxygen atoms in total. The molecule has 1 aromatic heterocycles. The highest BCUT2D eigenvalue weighted by molar-refractivity contribution is 5.11. The molecule has 0 saturated carbocycles. The van der Waals surface area contributed by atoms with Crippen LogP contribution in [-0.4, -0.2) is 16.2 Å². The molecule has 0 amide bonds. The molecule has 0 aromatic carbocycles. The van der Waals surface area contributed by atoms with Crippen molar-refractivity contribution in [1.82, 2.24) is 15.5 Å². The number of aromatic amines is 1. The molecule has 0 unspecified atom stereocenters. The first-order valence-electron chi connectivity index (χ1n) is 4.38. The Labute approximate surface area is 77.4 Å². The van der Waals surface area contributed by atoms with Crippen molar-refractivity contribution in [2.75, 3.05) is 0 Å². The van der Waals surface area contributed by atoms with Crippen molar-refractivity contribution in [2.24, 2.45) is 0 Å². The van der Waals surface area contributed by atoms with Crippen LogP contribution in [0.5, 0.6) is 0 Å². The van der Waals surface area contributed by atoms with Crippen LogP contribution in [-0.2, 0) is 6.54 Å². The number of aromatic nitrogens is 2. The smallest absolute Gasteiger partial charge is 0.268 e. The number of H-pyrrole nitrogens is 1. The van der Waals surface area contributed by atoms with Crippen LogP contribution in [0.15, 0.2) is 10.9 Å². The average Bonchev–Trinajstić information content (AvgIpc) is 2.06. The van der Waals surface area contributed by atoms with Gasteiger partial charge in [-0.15, -0.1) is 0 Å². The normalized spacial score (nSPS) is 10.8. The van der Waals surface area contributed by atoms with Gasteiger partial charge < -0.3 is 5.32 Å².